The number of aromatic nitrogens is 3. The fourth-order valence-corrected chi connectivity index (χ4v) is 1.87. The lowest BCUT2D eigenvalue weighted by Crippen LogP contribution is -2.23. The predicted octanol–water partition coefficient (Wildman–Crippen LogP) is 1.90. The van der Waals surface area contributed by atoms with E-state index in [9.17, 15) is 4.79 Å². The van der Waals surface area contributed by atoms with Crippen molar-refractivity contribution in [3.05, 3.63) is 41.5 Å². The van der Waals surface area contributed by atoms with Crippen molar-refractivity contribution in [1.82, 2.24) is 20.5 Å². The molecule has 0 aliphatic carbocycles. The molecule has 0 aliphatic heterocycles. The molecule has 1 aromatic carbocycles. The summed E-state index contributed by atoms with van der Waals surface area (Å²) in [4.78, 5) is 15.8. The van der Waals surface area contributed by atoms with Crippen molar-refractivity contribution < 1.29 is 9.53 Å². The van der Waals surface area contributed by atoms with Crippen LogP contribution in [0, 0.1) is 13.8 Å². The first-order valence-electron chi connectivity index (χ1n) is 6.98. The van der Waals surface area contributed by atoms with E-state index in [0.717, 1.165) is 17.1 Å². The van der Waals surface area contributed by atoms with Gasteiger partial charge in [0.05, 0.1) is 13.2 Å². The highest BCUT2D eigenvalue weighted by Gasteiger charge is 2.05. The van der Waals surface area contributed by atoms with Crippen LogP contribution in [-0.4, -0.2) is 27.7 Å². The molecule has 0 bridgehead atoms. The maximum Gasteiger partial charge on any atom is 0.220 e. The number of nitrogens with one attached hydrogen (secondary N) is 2. The Balaban J connectivity index is 1.62. The minimum Gasteiger partial charge on any atom is -0.493 e. The monoisotopic (exact) mass is 288 g/mol. The van der Waals surface area contributed by atoms with Crippen LogP contribution in [0.4, 0.5) is 0 Å². The molecule has 0 unspecified atom stereocenters. The van der Waals surface area contributed by atoms with E-state index in [0.29, 0.717) is 31.8 Å². The van der Waals surface area contributed by atoms with Crippen LogP contribution in [0.15, 0.2) is 24.3 Å². The number of H-pyrrole nitrogens is 1. The highest BCUT2D eigenvalue weighted by atomic mass is 16.5. The summed E-state index contributed by atoms with van der Waals surface area (Å²) in [6, 6.07) is 7.84. The lowest BCUT2D eigenvalue weighted by molar-refractivity contribution is -0.121. The fourth-order valence-electron chi connectivity index (χ4n) is 1.87. The van der Waals surface area contributed by atoms with Crippen molar-refractivity contribution in [3.8, 4) is 5.75 Å². The Morgan fingerprint density at radius 2 is 2.14 bits per heavy atom. The highest BCUT2D eigenvalue weighted by Crippen LogP contribution is 2.16. The standard InChI is InChI=1S/C15H20N4O2/c1-11-6-3-4-7-13(11)21-9-5-8-15(20)16-10-14-17-12(2)18-19-14/h3-4,6-7H,5,8-10H2,1-2H3,(H,16,20)(H,17,18,19). The molecule has 6 nitrogen and oxygen atoms in total. The first-order valence-corrected chi connectivity index (χ1v) is 6.98. The molecule has 0 atom stereocenters. The number of hydrogen-bond acceptors (Lipinski definition) is 4. The zero-order valence-corrected chi connectivity index (χ0v) is 12.3. The van der Waals surface area contributed by atoms with Crippen LogP contribution in [0.1, 0.15) is 30.1 Å². The Hall–Kier alpha value is -2.37. The Labute approximate surface area is 123 Å². The third-order valence-corrected chi connectivity index (χ3v) is 2.99. The number of carbonyl (C=O) groups is 1. The van der Waals surface area contributed by atoms with E-state index in [2.05, 4.69) is 20.5 Å². The van der Waals surface area contributed by atoms with E-state index in [1.165, 1.54) is 0 Å². The molecule has 0 saturated heterocycles. The van der Waals surface area contributed by atoms with Crippen molar-refractivity contribution in [3.63, 3.8) is 0 Å². The second-order valence-electron chi connectivity index (χ2n) is 4.83. The van der Waals surface area contributed by atoms with Crippen LogP contribution >= 0.6 is 0 Å². The Morgan fingerprint density at radius 1 is 1.33 bits per heavy atom. The molecule has 0 fully saturated rings. The molecule has 1 amide bonds. The number of ether oxygens (including phenoxy) is 1. The number of rotatable bonds is 7. The van der Waals surface area contributed by atoms with Crippen molar-refractivity contribution in [2.24, 2.45) is 0 Å². The topological polar surface area (TPSA) is 79.9 Å². The molecule has 2 rings (SSSR count). The largest absolute Gasteiger partial charge is 0.493 e. The molecule has 1 aromatic heterocycles. The summed E-state index contributed by atoms with van der Waals surface area (Å²) in [5.74, 6) is 2.18. The van der Waals surface area contributed by atoms with Crippen molar-refractivity contribution in [1.29, 1.82) is 0 Å². The number of aryl methyl sites for hydroxylation is 2. The lowest BCUT2D eigenvalue weighted by Gasteiger charge is -2.08. The van der Waals surface area contributed by atoms with Gasteiger partial charge in [0, 0.05) is 6.42 Å². The molecule has 0 radical (unpaired) electrons. The van der Waals surface area contributed by atoms with Crippen LogP contribution in [-0.2, 0) is 11.3 Å². The molecular formula is C15H20N4O2. The predicted molar refractivity (Wildman–Crippen MR) is 78.9 cm³/mol. The first-order chi connectivity index (χ1) is 10.1. The Morgan fingerprint density at radius 3 is 2.86 bits per heavy atom. The van der Waals surface area contributed by atoms with Crippen molar-refractivity contribution in [2.45, 2.75) is 33.2 Å². The number of amides is 1. The molecule has 2 N–H and O–H groups in total. The quantitative estimate of drug-likeness (QED) is 0.763. The lowest BCUT2D eigenvalue weighted by atomic mass is 10.2. The normalized spacial score (nSPS) is 10.4. The van der Waals surface area contributed by atoms with E-state index in [1.54, 1.807) is 0 Å². The van der Waals surface area contributed by atoms with Gasteiger partial charge < -0.3 is 10.1 Å². The van der Waals surface area contributed by atoms with Gasteiger partial charge in [0.25, 0.3) is 0 Å². The van der Waals surface area contributed by atoms with E-state index in [-0.39, 0.29) is 5.91 Å². The summed E-state index contributed by atoms with van der Waals surface area (Å²) in [6.07, 6.45) is 1.10. The average molecular weight is 288 g/mol. The summed E-state index contributed by atoms with van der Waals surface area (Å²) in [5.41, 5.74) is 1.10. The maximum atomic E-state index is 11.7. The van der Waals surface area contributed by atoms with Crippen LogP contribution < -0.4 is 10.1 Å². The number of aromatic amines is 1. The molecule has 112 valence electrons. The van der Waals surface area contributed by atoms with Gasteiger partial charge >= 0.3 is 0 Å². The van der Waals surface area contributed by atoms with Gasteiger partial charge in [0.1, 0.15) is 11.6 Å². The number of benzene rings is 1. The number of para-hydroxylation sites is 1. The molecular weight excluding hydrogens is 268 g/mol. The van der Waals surface area contributed by atoms with Gasteiger partial charge in [-0.05, 0) is 31.9 Å². The average Bonchev–Trinajstić information content (AvgIpc) is 2.89. The van der Waals surface area contributed by atoms with Crippen molar-refractivity contribution >= 4 is 5.91 Å². The maximum absolute atomic E-state index is 11.7. The minimum absolute atomic E-state index is 0.0224. The summed E-state index contributed by atoms with van der Waals surface area (Å²) in [7, 11) is 0. The van der Waals surface area contributed by atoms with Crippen LogP contribution in [0.2, 0.25) is 0 Å². The summed E-state index contributed by atoms with van der Waals surface area (Å²) >= 11 is 0. The molecule has 0 spiro atoms. The smallest absolute Gasteiger partial charge is 0.220 e. The second-order valence-corrected chi connectivity index (χ2v) is 4.83. The third kappa shape index (κ3) is 4.91. The number of carbonyl (C=O) groups excluding carboxylic acids is 1. The molecule has 1 heterocycles. The zero-order chi connectivity index (χ0) is 15.1. The molecule has 0 saturated carbocycles. The molecule has 0 aliphatic rings. The van der Waals surface area contributed by atoms with E-state index < -0.39 is 0 Å². The minimum atomic E-state index is -0.0224. The van der Waals surface area contributed by atoms with Gasteiger partial charge in [-0.2, -0.15) is 5.10 Å². The van der Waals surface area contributed by atoms with Gasteiger partial charge in [0.2, 0.25) is 5.91 Å². The Bertz CT molecular complexity index is 595. The second kappa shape index (κ2) is 7.42. The van der Waals surface area contributed by atoms with E-state index in [1.807, 2.05) is 38.1 Å². The van der Waals surface area contributed by atoms with Gasteiger partial charge in [-0.3, -0.25) is 9.89 Å². The number of hydrogen-bond donors (Lipinski definition) is 2. The van der Waals surface area contributed by atoms with Gasteiger partial charge in [-0.1, -0.05) is 18.2 Å². The van der Waals surface area contributed by atoms with Crippen LogP contribution in [0.3, 0.4) is 0 Å². The first kappa shape index (κ1) is 15.0. The van der Waals surface area contributed by atoms with Gasteiger partial charge in [-0.15, -0.1) is 0 Å². The fraction of sp³-hybridized carbons (Fsp3) is 0.400. The molecule has 6 heteroatoms. The highest BCUT2D eigenvalue weighted by molar-refractivity contribution is 5.75. The van der Waals surface area contributed by atoms with Crippen LogP contribution in [0.25, 0.3) is 0 Å². The summed E-state index contributed by atoms with van der Waals surface area (Å²) < 4.78 is 5.64. The molecule has 2 aromatic rings. The van der Waals surface area contributed by atoms with Gasteiger partial charge in [0.15, 0.2) is 5.82 Å². The van der Waals surface area contributed by atoms with Gasteiger partial charge in [-0.25, -0.2) is 4.98 Å². The molecule has 21 heavy (non-hydrogen) atoms. The SMILES string of the molecule is Cc1nc(CNC(=O)CCCOc2ccccc2C)n[nH]1. The summed E-state index contributed by atoms with van der Waals surface area (Å²) in [5, 5.41) is 9.48. The van der Waals surface area contributed by atoms with E-state index in [4.69, 9.17) is 4.74 Å². The van der Waals surface area contributed by atoms with Crippen LogP contribution in [0.5, 0.6) is 5.75 Å². The third-order valence-electron chi connectivity index (χ3n) is 2.99. The number of nitrogens with zero attached hydrogens (tertiary/aromatic N) is 2. The Kier molecular flexibility index (Phi) is 5.31. The van der Waals surface area contributed by atoms with Crippen molar-refractivity contribution in [2.75, 3.05) is 6.61 Å². The zero-order valence-electron chi connectivity index (χ0n) is 12.3. The summed E-state index contributed by atoms with van der Waals surface area (Å²) in [6.45, 7) is 4.70. The van der Waals surface area contributed by atoms with E-state index >= 15 is 0 Å².